The van der Waals surface area contributed by atoms with Crippen molar-refractivity contribution in [3.8, 4) is 0 Å². The third-order valence-corrected chi connectivity index (χ3v) is 6.92. The van der Waals surface area contributed by atoms with Crippen LogP contribution >= 0.6 is 12.4 Å². The van der Waals surface area contributed by atoms with Crippen molar-refractivity contribution < 1.29 is 17.9 Å². The Kier molecular flexibility index (Phi) is 7.04. The molecule has 1 aromatic rings. The molecule has 146 valence electrons. The molecule has 1 aromatic carbocycles. The summed E-state index contributed by atoms with van der Waals surface area (Å²) in [5.41, 5.74) is 5.98. The zero-order chi connectivity index (χ0) is 18.0. The van der Waals surface area contributed by atoms with E-state index in [1.807, 2.05) is 6.92 Å². The monoisotopic (exact) mass is 403 g/mol. The highest BCUT2D eigenvalue weighted by Gasteiger charge is 2.36. The topological polar surface area (TPSA) is 92.9 Å². The normalized spacial score (nSPS) is 24.3. The van der Waals surface area contributed by atoms with E-state index < -0.39 is 10.0 Å². The zero-order valence-corrected chi connectivity index (χ0v) is 16.5. The molecule has 2 fully saturated rings. The first-order chi connectivity index (χ1) is 11.9. The molecule has 2 aliphatic rings. The van der Waals surface area contributed by atoms with Crippen LogP contribution in [-0.2, 0) is 14.8 Å². The van der Waals surface area contributed by atoms with Crippen LogP contribution in [0.2, 0.25) is 0 Å². The number of sulfonamides is 1. The summed E-state index contributed by atoms with van der Waals surface area (Å²) in [6.07, 6.45) is 0.848. The van der Waals surface area contributed by atoms with Crippen LogP contribution in [0.4, 0.5) is 0 Å². The lowest BCUT2D eigenvalue weighted by molar-refractivity contribution is 0.0721. The summed E-state index contributed by atoms with van der Waals surface area (Å²) in [5.74, 6) is 0.0258. The number of carbonyl (C=O) groups excluding carboxylic acids is 1. The lowest BCUT2D eigenvalue weighted by Gasteiger charge is -2.28. The van der Waals surface area contributed by atoms with Gasteiger partial charge in [-0.2, -0.15) is 4.31 Å². The van der Waals surface area contributed by atoms with Crippen molar-refractivity contribution in [2.75, 3.05) is 39.4 Å². The van der Waals surface area contributed by atoms with Crippen LogP contribution in [0.1, 0.15) is 23.7 Å². The van der Waals surface area contributed by atoms with Gasteiger partial charge in [-0.15, -0.1) is 12.4 Å². The van der Waals surface area contributed by atoms with Crippen LogP contribution in [-0.4, -0.2) is 69.0 Å². The second kappa shape index (κ2) is 8.67. The average molecular weight is 404 g/mol. The number of likely N-dealkylation sites (tertiary alicyclic amines) is 1. The molecule has 0 bridgehead atoms. The van der Waals surface area contributed by atoms with Crippen LogP contribution < -0.4 is 5.73 Å². The molecule has 2 saturated heterocycles. The van der Waals surface area contributed by atoms with E-state index in [1.165, 1.54) is 10.4 Å². The Bertz CT molecular complexity index is 737. The van der Waals surface area contributed by atoms with Gasteiger partial charge in [-0.1, -0.05) is 12.1 Å². The number of morpholine rings is 1. The third-order valence-electron chi connectivity index (χ3n) is 4.96. The molecule has 7 nitrogen and oxygen atoms in total. The Morgan fingerprint density at radius 1 is 1.27 bits per heavy atom. The molecule has 26 heavy (non-hydrogen) atoms. The Balaban J connectivity index is 0.00000243. The van der Waals surface area contributed by atoms with Crippen LogP contribution in [0.5, 0.6) is 0 Å². The van der Waals surface area contributed by atoms with Gasteiger partial charge < -0.3 is 15.4 Å². The Morgan fingerprint density at radius 2 is 1.92 bits per heavy atom. The fraction of sp³-hybridized carbons (Fsp3) is 0.588. The number of nitrogens with two attached hydrogens (primary N) is 1. The molecule has 0 aromatic heterocycles. The van der Waals surface area contributed by atoms with Crippen molar-refractivity contribution >= 4 is 28.3 Å². The molecule has 9 heteroatoms. The number of ether oxygens (including phenoxy) is 1. The molecular formula is C17H26ClN3O4S. The minimum atomic E-state index is -3.72. The highest BCUT2D eigenvalue weighted by Crippen LogP contribution is 2.28. The van der Waals surface area contributed by atoms with Crippen molar-refractivity contribution in [1.29, 1.82) is 0 Å². The summed E-state index contributed by atoms with van der Waals surface area (Å²) < 4.78 is 32.6. The average Bonchev–Trinajstić information content (AvgIpc) is 3.02. The van der Waals surface area contributed by atoms with Crippen LogP contribution in [0.15, 0.2) is 29.2 Å². The van der Waals surface area contributed by atoms with Gasteiger partial charge in [-0.3, -0.25) is 4.79 Å². The van der Waals surface area contributed by atoms with Gasteiger partial charge in [-0.25, -0.2) is 8.42 Å². The Morgan fingerprint density at radius 3 is 2.54 bits per heavy atom. The second-order valence-electron chi connectivity index (χ2n) is 6.66. The number of carbonyl (C=O) groups is 1. The number of hydrogen-bond donors (Lipinski definition) is 1. The van der Waals surface area contributed by atoms with Gasteiger partial charge in [0.1, 0.15) is 0 Å². The molecule has 3 rings (SSSR count). The van der Waals surface area contributed by atoms with Crippen molar-refractivity contribution in [3.63, 3.8) is 0 Å². The first-order valence-corrected chi connectivity index (χ1v) is 10.1. The number of halogens is 1. The lowest BCUT2D eigenvalue weighted by atomic mass is 10.1. The quantitative estimate of drug-likeness (QED) is 0.807. The van der Waals surface area contributed by atoms with Crippen LogP contribution in [0.25, 0.3) is 0 Å². The first kappa shape index (κ1) is 21.1. The molecule has 2 unspecified atom stereocenters. The second-order valence-corrected chi connectivity index (χ2v) is 8.56. The van der Waals surface area contributed by atoms with E-state index >= 15 is 0 Å². The molecule has 0 spiro atoms. The number of benzene rings is 1. The van der Waals surface area contributed by atoms with E-state index in [-0.39, 0.29) is 40.7 Å². The van der Waals surface area contributed by atoms with E-state index in [9.17, 15) is 13.2 Å². The van der Waals surface area contributed by atoms with Gasteiger partial charge in [0.25, 0.3) is 5.91 Å². The zero-order valence-electron chi connectivity index (χ0n) is 14.8. The Hall–Kier alpha value is -1.19. The van der Waals surface area contributed by atoms with E-state index in [4.69, 9.17) is 10.5 Å². The fourth-order valence-electron chi connectivity index (χ4n) is 3.55. The molecule has 2 aliphatic heterocycles. The van der Waals surface area contributed by atoms with E-state index in [2.05, 4.69) is 0 Å². The largest absolute Gasteiger partial charge is 0.379 e. The molecule has 2 N–H and O–H groups in total. The maximum atomic E-state index is 13.0. The van der Waals surface area contributed by atoms with Gasteiger partial charge in [0.2, 0.25) is 10.0 Å². The summed E-state index contributed by atoms with van der Waals surface area (Å²) in [6.45, 7) is 4.44. The fourth-order valence-corrected chi connectivity index (χ4v) is 5.14. The lowest BCUT2D eigenvalue weighted by Crippen LogP contribution is -2.42. The third kappa shape index (κ3) is 4.04. The van der Waals surface area contributed by atoms with Crippen molar-refractivity contribution in [2.45, 2.75) is 24.3 Å². The summed E-state index contributed by atoms with van der Waals surface area (Å²) in [7, 11) is -3.72. The smallest absolute Gasteiger partial charge is 0.255 e. The number of hydrogen-bond acceptors (Lipinski definition) is 5. The van der Waals surface area contributed by atoms with Gasteiger partial charge >= 0.3 is 0 Å². The highest BCUT2D eigenvalue weighted by atomic mass is 35.5. The summed E-state index contributed by atoms with van der Waals surface area (Å²) in [6, 6.07) is 6.52. The first-order valence-electron chi connectivity index (χ1n) is 8.63. The van der Waals surface area contributed by atoms with Gasteiger partial charge in [0.15, 0.2) is 0 Å². The van der Waals surface area contributed by atoms with Crippen molar-refractivity contribution in [1.82, 2.24) is 9.21 Å². The summed E-state index contributed by atoms with van der Waals surface area (Å²) in [5, 5.41) is 0. The van der Waals surface area contributed by atoms with Crippen LogP contribution in [0, 0.1) is 5.92 Å². The standard InChI is InChI=1S/C17H25N3O4S.ClH/c1-13-10-14(11-18)12-20(13)17(21)15-4-2-3-5-16(15)25(22,23)19-6-8-24-9-7-19;/h2-5,13-14H,6-12,18H2,1H3;1H. The number of rotatable bonds is 4. The molecule has 2 atom stereocenters. The molecule has 2 heterocycles. The molecule has 0 saturated carbocycles. The van der Waals surface area contributed by atoms with Crippen molar-refractivity contribution in [2.24, 2.45) is 11.7 Å². The van der Waals surface area contributed by atoms with Crippen molar-refractivity contribution in [3.05, 3.63) is 29.8 Å². The molecule has 1 amide bonds. The van der Waals surface area contributed by atoms with Gasteiger partial charge in [-0.05, 0) is 37.9 Å². The number of amides is 1. The highest BCUT2D eigenvalue weighted by molar-refractivity contribution is 7.89. The summed E-state index contributed by atoms with van der Waals surface area (Å²) in [4.78, 5) is 14.9. The maximum absolute atomic E-state index is 13.0. The predicted molar refractivity (Wildman–Crippen MR) is 101 cm³/mol. The predicted octanol–water partition coefficient (Wildman–Crippen LogP) is 0.939. The Labute approximate surface area is 160 Å². The minimum absolute atomic E-state index is 0. The van der Waals surface area contributed by atoms with Crippen LogP contribution in [0.3, 0.4) is 0 Å². The maximum Gasteiger partial charge on any atom is 0.255 e. The molecule has 0 aliphatic carbocycles. The molecular weight excluding hydrogens is 378 g/mol. The van der Waals surface area contributed by atoms with E-state index in [1.54, 1.807) is 23.1 Å². The van der Waals surface area contributed by atoms with Gasteiger partial charge in [0, 0.05) is 25.7 Å². The molecule has 0 radical (unpaired) electrons. The van der Waals surface area contributed by atoms with E-state index in [0.717, 1.165) is 6.42 Å². The number of nitrogens with zero attached hydrogens (tertiary/aromatic N) is 2. The van der Waals surface area contributed by atoms with E-state index in [0.29, 0.717) is 39.4 Å². The summed E-state index contributed by atoms with van der Waals surface area (Å²) >= 11 is 0. The minimum Gasteiger partial charge on any atom is -0.379 e. The SMILES string of the molecule is CC1CC(CN)CN1C(=O)c1ccccc1S(=O)(=O)N1CCOCC1.Cl. The van der Waals surface area contributed by atoms with Gasteiger partial charge in [0.05, 0.1) is 23.7 Å².